The number of hydrogen-bond donors (Lipinski definition) is 2. The number of rotatable bonds is 7. The summed E-state index contributed by atoms with van der Waals surface area (Å²) in [5, 5.41) is 3.01. The highest BCUT2D eigenvalue weighted by atomic mass is 16.2. The van der Waals surface area contributed by atoms with Crippen LogP contribution in [0.4, 0.5) is 0 Å². The Balaban J connectivity index is 2.87. The van der Waals surface area contributed by atoms with Crippen molar-refractivity contribution in [3.05, 3.63) is 12.2 Å². The van der Waals surface area contributed by atoms with E-state index in [-0.39, 0.29) is 23.3 Å². The molecule has 0 heterocycles. The van der Waals surface area contributed by atoms with Crippen LogP contribution >= 0.6 is 0 Å². The molecule has 0 aliphatic heterocycles. The first-order valence-electron chi connectivity index (χ1n) is 7.88. The van der Waals surface area contributed by atoms with Crippen LogP contribution < -0.4 is 11.1 Å². The SMILES string of the molecule is C/C=C/C[C@H](C(N)=O)C(CC1CC1C)C(=O)NC(C)(C)C. The van der Waals surface area contributed by atoms with Gasteiger partial charge in [0.05, 0.1) is 11.8 Å². The summed E-state index contributed by atoms with van der Waals surface area (Å²) < 4.78 is 0. The minimum Gasteiger partial charge on any atom is -0.369 e. The first kappa shape index (κ1) is 17.7. The summed E-state index contributed by atoms with van der Waals surface area (Å²) in [4.78, 5) is 24.4. The van der Waals surface area contributed by atoms with E-state index in [0.29, 0.717) is 18.3 Å². The fourth-order valence-corrected chi connectivity index (χ4v) is 2.73. The molecule has 0 aromatic heterocycles. The highest BCUT2D eigenvalue weighted by Crippen LogP contribution is 2.44. The first-order valence-corrected chi connectivity index (χ1v) is 7.88. The van der Waals surface area contributed by atoms with Crippen molar-refractivity contribution in [1.82, 2.24) is 5.32 Å². The van der Waals surface area contributed by atoms with Gasteiger partial charge in [-0.3, -0.25) is 9.59 Å². The normalized spacial score (nSPS) is 24.6. The molecule has 4 atom stereocenters. The molecule has 1 saturated carbocycles. The van der Waals surface area contributed by atoms with Crippen molar-refractivity contribution in [2.45, 2.75) is 59.4 Å². The Labute approximate surface area is 128 Å². The summed E-state index contributed by atoms with van der Waals surface area (Å²) in [6, 6.07) is 0. The fraction of sp³-hybridized carbons (Fsp3) is 0.765. The van der Waals surface area contributed by atoms with Gasteiger partial charge in [-0.2, -0.15) is 0 Å². The topological polar surface area (TPSA) is 72.2 Å². The van der Waals surface area contributed by atoms with E-state index >= 15 is 0 Å². The Morgan fingerprint density at radius 1 is 1.33 bits per heavy atom. The number of carbonyl (C=O) groups excluding carboxylic acids is 2. The number of carbonyl (C=O) groups is 2. The van der Waals surface area contributed by atoms with Gasteiger partial charge < -0.3 is 11.1 Å². The molecule has 1 aliphatic rings. The lowest BCUT2D eigenvalue weighted by atomic mass is 9.83. The summed E-state index contributed by atoms with van der Waals surface area (Å²) in [5.41, 5.74) is 5.26. The van der Waals surface area contributed by atoms with Gasteiger partial charge in [0.1, 0.15) is 0 Å². The van der Waals surface area contributed by atoms with E-state index in [1.165, 1.54) is 0 Å². The van der Waals surface area contributed by atoms with E-state index in [9.17, 15) is 9.59 Å². The van der Waals surface area contributed by atoms with Crippen molar-refractivity contribution in [3.63, 3.8) is 0 Å². The van der Waals surface area contributed by atoms with Crippen molar-refractivity contribution >= 4 is 11.8 Å². The predicted molar refractivity (Wildman–Crippen MR) is 85.4 cm³/mol. The van der Waals surface area contributed by atoms with Gasteiger partial charge in [-0.25, -0.2) is 0 Å². The maximum Gasteiger partial charge on any atom is 0.224 e. The van der Waals surface area contributed by atoms with Gasteiger partial charge in [0.25, 0.3) is 0 Å². The van der Waals surface area contributed by atoms with E-state index in [1.54, 1.807) is 0 Å². The number of primary amides is 1. The average molecular weight is 294 g/mol. The molecule has 1 rings (SSSR count). The lowest BCUT2D eigenvalue weighted by Gasteiger charge is -2.28. The maximum atomic E-state index is 12.6. The van der Waals surface area contributed by atoms with Crippen molar-refractivity contribution < 1.29 is 9.59 Å². The Kier molecular flexibility index (Phi) is 5.99. The van der Waals surface area contributed by atoms with Gasteiger partial charge >= 0.3 is 0 Å². The molecular formula is C17H30N2O2. The van der Waals surface area contributed by atoms with Gasteiger partial charge in [-0.15, -0.1) is 0 Å². The highest BCUT2D eigenvalue weighted by molar-refractivity contribution is 5.87. The third kappa shape index (κ3) is 5.90. The number of hydrogen-bond acceptors (Lipinski definition) is 2. The summed E-state index contributed by atoms with van der Waals surface area (Å²) in [6.45, 7) is 9.95. The Bertz CT molecular complexity index is 410. The van der Waals surface area contributed by atoms with Crippen LogP contribution in [0, 0.1) is 23.7 Å². The fourth-order valence-electron chi connectivity index (χ4n) is 2.73. The minimum absolute atomic E-state index is 0.0464. The first-order chi connectivity index (χ1) is 9.65. The molecule has 0 saturated heterocycles. The molecule has 0 aromatic rings. The van der Waals surface area contributed by atoms with Crippen LogP contribution in [0.2, 0.25) is 0 Å². The second kappa shape index (κ2) is 7.10. The zero-order valence-electron chi connectivity index (χ0n) is 14.0. The molecule has 0 radical (unpaired) electrons. The van der Waals surface area contributed by atoms with E-state index in [2.05, 4.69) is 12.2 Å². The van der Waals surface area contributed by atoms with E-state index in [0.717, 1.165) is 12.8 Å². The number of allylic oxidation sites excluding steroid dienone is 2. The molecule has 1 aliphatic carbocycles. The highest BCUT2D eigenvalue weighted by Gasteiger charge is 2.41. The Hall–Kier alpha value is -1.32. The van der Waals surface area contributed by atoms with Crippen LogP contribution in [-0.4, -0.2) is 17.4 Å². The molecular weight excluding hydrogens is 264 g/mol. The molecule has 1 fully saturated rings. The summed E-state index contributed by atoms with van der Waals surface area (Å²) in [6.07, 6.45) is 6.26. The second-order valence-electron chi connectivity index (χ2n) is 7.37. The van der Waals surface area contributed by atoms with E-state index in [4.69, 9.17) is 5.73 Å². The van der Waals surface area contributed by atoms with Crippen LogP contribution in [0.1, 0.15) is 53.9 Å². The quantitative estimate of drug-likeness (QED) is 0.708. The molecule has 3 unspecified atom stereocenters. The third-order valence-electron chi connectivity index (χ3n) is 4.14. The number of amides is 2. The molecule has 0 spiro atoms. The zero-order chi connectivity index (χ0) is 16.2. The van der Waals surface area contributed by atoms with Crippen molar-refractivity contribution in [1.29, 1.82) is 0 Å². The summed E-state index contributed by atoms with van der Waals surface area (Å²) >= 11 is 0. The Morgan fingerprint density at radius 3 is 2.29 bits per heavy atom. The summed E-state index contributed by atoms with van der Waals surface area (Å²) in [7, 11) is 0. The van der Waals surface area contributed by atoms with Gasteiger partial charge in [0, 0.05) is 5.54 Å². The monoisotopic (exact) mass is 294 g/mol. The van der Waals surface area contributed by atoms with Crippen LogP contribution in [0.25, 0.3) is 0 Å². The largest absolute Gasteiger partial charge is 0.369 e. The zero-order valence-corrected chi connectivity index (χ0v) is 14.0. The van der Waals surface area contributed by atoms with Gasteiger partial charge in [-0.05, 0) is 58.8 Å². The molecule has 2 amide bonds. The van der Waals surface area contributed by atoms with Gasteiger partial charge in [0.15, 0.2) is 0 Å². The number of nitrogens with one attached hydrogen (secondary N) is 1. The van der Waals surface area contributed by atoms with Crippen LogP contribution in [0.15, 0.2) is 12.2 Å². The maximum absolute atomic E-state index is 12.6. The van der Waals surface area contributed by atoms with Crippen molar-refractivity contribution in [2.24, 2.45) is 29.4 Å². The molecule has 120 valence electrons. The minimum atomic E-state index is -0.420. The molecule has 0 bridgehead atoms. The lowest BCUT2D eigenvalue weighted by Crippen LogP contribution is -2.47. The molecule has 4 heteroatoms. The predicted octanol–water partition coefficient (Wildman–Crippen LogP) is 2.63. The smallest absolute Gasteiger partial charge is 0.224 e. The standard InChI is InChI=1S/C17H30N2O2/c1-6-7-8-13(15(18)20)14(10-12-9-11(12)2)16(21)19-17(3,4)5/h6-7,11-14H,8-10H2,1-5H3,(H2,18,20)(H,19,21)/b7-6+/t11?,12?,13-,14?/m0/s1. The van der Waals surface area contributed by atoms with Crippen molar-refractivity contribution in [3.8, 4) is 0 Å². The third-order valence-corrected chi connectivity index (χ3v) is 4.14. The van der Waals surface area contributed by atoms with E-state index < -0.39 is 5.92 Å². The second-order valence-corrected chi connectivity index (χ2v) is 7.37. The molecule has 3 N–H and O–H groups in total. The van der Waals surface area contributed by atoms with Crippen LogP contribution in [0.5, 0.6) is 0 Å². The van der Waals surface area contributed by atoms with Crippen LogP contribution in [0.3, 0.4) is 0 Å². The average Bonchev–Trinajstić information content (AvgIpc) is 3.01. The molecule has 0 aromatic carbocycles. The number of nitrogens with two attached hydrogens (primary N) is 1. The van der Waals surface area contributed by atoms with Gasteiger partial charge in [0.2, 0.25) is 11.8 Å². The molecule has 21 heavy (non-hydrogen) atoms. The lowest BCUT2D eigenvalue weighted by molar-refractivity contribution is -0.134. The van der Waals surface area contributed by atoms with Gasteiger partial charge in [-0.1, -0.05) is 19.1 Å². The van der Waals surface area contributed by atoms with E-state index in [1.807, 2.05) is 39.8 Å². The van der Waals surface area contributed by atoms with Crippen LogP contribution in [-0.2, 0) is 9.59 Å². The Morgan fingerprint density at radius 2 is 1.90 bits per heavy atom. The molecule has 4 nitrogen and oxygen atoms in total. The summed E-state index contributed by atoms with van der Waals surface area (Å²) in [5.74, 6) is 0.0351. The van der Waals surface area contributed by atoms with Crippen molar-refractivity contribution in [2.75, 3.05) is 0 Å².